The number of carbonyl (C=O) groups is 1. The molecule has 2 atom stereocenters. The average molecular weight is 215 g/mol. The molecule has 3 N–H and O–H groups in total. The summed E-state index contributed by atoms with van der Waals surface area (Å²) in [4.78, 5) is 13.7. The van der Waals surface area contributed by atoms with E-state index in [1.165, 1.54) is 0 Å². The van der Waals surface area contributed by atoms with E-state index in [9.17, 15) is 4.79 Å². The van der Waals surface area contributed by atoms with Crippen molar-refractivity contribution in [2.45, 2.75) is 13.0 Å². The molecule has 0 aromatic heterocycles. The number of likely N-dealkylation sites (N-methyl/N-ethyl adjacent to an activating group) is 1. The van der Waals surface area contributed by atoms with Gasteiger partial charge in [-0.3, -0.25) is 9.69 Å². The molecule has 88 valence electrons. The second-order valence-corrected chi connectivity index (χ2v) is 4.12. The molecule has 0 aromatic rings. The Balaban J connectivity index is 2.53. The second kappa shape index (κ2) is 6.05. The number of carbonyl (C=O) groups excluding carboxylic acids is 1. The third-order valence-electron chi connectivity index (χ3n) is 2.76. The Morgan fingerprint density at radius 2 is 2.47 bits per heavy atom. The zero-order valence-corrected chi connectivity index (χ0v) is 9.49. The number of amides is 1. The van der Waals surface area contributed by atoms with Gasteiger partial charge in [-0.25, -0.2) is 0 Å². The normalized spacial score (nSPS) is 24.9. The fourth-order valence-corrected chi connectivity index (χ4v) is 1.85. The third kappa shape index (κ3) is 3.44. The van der Waals surface area contributed by atoms with Crippen molar-refractivity contribution in [1.29, 1.82) is 0 Å². The van der Waals surface area contributed by atoms with Crippen LogP contribution in [0.4, 0.5) is 0 Å². The minimum Gasteiger partial charge on any atom is -0.396 e. The van der Waals surface area contributed by atoms with Crippen LogP contribution in [0.1, 0.15) is 6.92 Å². The van der Waals surface area contributed by atoms with Crippen LogP contribution in [0.3, 0.4) is 0 Å². The number of hydrogen-bond donors (Lipinski definition) is 3. The molecule has 1 aliphatic rings. The van der Waals surface area contributed by atoms with E-state index in [1.54, 1.807) is 7.05 Å². The summed E-state index contributed by atoms with van der Waals surface area (Å²) in [5.41, 5.74) is 0. The number of aliphatic hydroxyl groups excluding tert-OH is 1. The minimum atomic E-state index is -0.0993. The Bertz CT molecular complexity index is 211. The van der Waals surface area contributed by atoms with Crippen molar-refractivity contribution in [3.05, 3.63) is 0 Å². The summed E-state index contributed by atoms with van der Waals surface area (Å²) >= 11 is 0. The van der Waals surface area contributed by atoms with E-state index in [0.29, 0.717) is 6.54 Å². The first-order valence-corrected chi connectivity index (χ1v) is 5.46. The monoisotopic (exact) mass is 215 g/mol. The maximum Gasteiger partial charge on any atom is 0.238 e. The maximum atomic E-state index is 11.6. The predicted octanol–water partition coefficient (Wildman–Crippen LogP) is -1.37. The highest BCUT2D eigenvalue weighted by atomic mass is 16.3. The van der Waals surface area contributed by atoms with Crippen LogP contribution in [0.2, 0.25) is 0 Å². The predicted molar refractivity (Wildman–Crippen MR) is 58.5 cm³/mol. The van der Waals surface area contributed by atoms with Gasteiger partial charge in [-0.05, 0) is 5.92 Å². The lowest BCUT2D eigenvalue weighted by Gasteiger charge is -2.36. The van der Waals surface area contributed by atoms with E-state index < -0.39 is 0 Å². The first-order chi connectivity index (χ1) is 7.19. The van der Waals surface area contributed by atoms with Crippen molar-refractivity contribution in [1.82, 2.24) is 15.5 Å². The molecule has 1 heterocycles. The van der Waals surface area contributed by atoms with Gasteiger partial charge in [-0.2, -0.15) is 0 Å². The molecule has 5 heteroatoms. The van der Waals surface area contributed by atoms with Crippen LogP contribution in [0, 0.1) is 5.92 Å². The van der Waals surface area contributed by atoms with Crippen LogP contribution in [0.25, 0.3) is 0 Å². The Kier molecular flexibility index (Phi) is 5.01. The topological polar surface area (TPSA) is 64.6 Å². The Morgan fingerprint density at radius 3 is 3.07 bits per heavy atom. The molecule has 1 amide bonds. The van der Waals surface area contributed by atoms with E-state index in [0.717, 1.165) is 19.6 Å². The molecular weight excluding hydrogens is 194 g/mol. The van der Waals surface area contributed by atoms with Crippen molar-refractivity contribution < 1.29 is 9.90 Å². The van der Waals surface area contributed by atoms with Crippen LogP contribution in [0.5, 0.6) is 0 Å². The van der Waals surface area contributed by atoms with Crippen molar-refractivity contribution in [2.24, 2.45) is 5.92 Å². The molecule has 0 saturated carbocycles. The summed E-state index contributed by atoms with van der Waals surface area (Å²) in [6, 6.07) is -0.0993. The summed E-state index contributed by atoms with van der Waals surface area (Å²) in [6.45, 7) is 5.40. The van der Waals surface area contributed by atoms with Crippen LogP contribution in [0.15, 0.2) is 0 Å². The second-order valence-electron chi connectivity index (χ2n) is 4.12. The molecule has 2 unspecified atom stereocenters. The maximum absolute atomic E-state index is 11.6. The van der Waals surface area contributed by atoms with Gasteiger partial charge in [0.1, 0.15) is 6.04 Å². The largest absolute Gasteiger partial charge is 0.396 e. The van der Waals surface area contributed by atoms with Gasteiger partial charge in [0.15, 0.2) is 0 Å². The smallest absolute Gasteiger partial charge is 0.238 e. The number of piperazine rings is 1. The van der Waals surface area contributed by atoms with Crippen LogP contribution in [-0.4, -0.2) is 61.8 Å². The van der Waals surface area contributed by atoms with Gasteiger partial charge >= 0.3 is 0 Å². The molecule has 0 spiro atoms. The fraction of sp³-hybridized carbons (Fsp3) is 0.900. The lowest BCUT2D eigenvalue weighted by Crippen LogP contribution is -2.58. The SMILES string of the molecule is CNC(=O)C1CNCCN1CC(C)CO. The quantitative estimate of drug-likeness (QED) is 0.542. The molecule has 0 bridgehead atoms. The number of nitrogens with one attached hydrogen (secondary N) is 2. The molecule has 0 radical (unpaired) electrons. The molecule has 1 rings (SSSR count). The summed E-state index contributed by atoms with van der Waals surface area (Å²) in [5, 5.41) is 14.9. The van der Waals surface area contributed by atoms with Crippen LogP contribution in [-0.2, 0) is 4.79 Å². The van der Waals surface area contributed by atoms with E-state index in [1.807, 2.05) is 6.92 Å². The number of aliphatic hydroxyl groups is 1. The van der Waals surface area contributed by atoms with E-state index in [2.05, 4.69) is 15.5 Å². The molecule has 15 heavy (non-hydrogen) atoms. The third-order valence-corrected chi connectivity index (χ3v) is 2.76. The zero-order chi connectivity index (χ0) is 11.3. The molecule has 1 fully saturated rings. The molecule has 0 aliphatic carbocycles. The lowest BCUT2D eigenvalue weighted by molar-refractivity contribution is -0.126. The van der Waals surface area contributed by atoms with Gasteiger partial charge in [0.05, 0.1) is 0 Å². The molecular formula is C10H21N3O2. The fourth-order valence-electron chi connectivity index (χ4n) is 1.85. The highest BCUT2D eigenvalue weighted by molar-refractivity contribution is 5.81. The number of hydrogen-bond acceptors (Lipinski definition) is 4. The Morgan fingerprint density at radius 1 is 1.73 bits per heavy atom. The average Bonchev–Trinajstić information content (AvgIpc) is 2.28. The molecule has 1 saturated heterocycles. The molecule has 5 nitrogen and oxygen atoms in total. The zero-order valence-electron chi connectivity index (χ0n) is 9.49. The van der Waals surface area contributed by atoms with Gasteiger partial charge in [0.2, 0.25) is 5.91 Å². The number of nitrogens with zero attached hydrogens (tertiary/aromatic N) is 1. The standard InChI is InChI=1S/C10H21N3O2/c1-8(7-14)6-13-4-3-12-5-9(13)10(15)11-2/h8-9,12,14H,3-7H2,1-2H3,(H,11,15). The highest BCUT2D eigenvalue weighted by Crippen LogP contribution is 2.07. The first-order valence-electron chi connectivity index (χ1n) is 5.46. The van der Waals surface area contributed by atoms with E-state index in [-0.39, 0.29) is 24.5 Å². The summed E-state index contributed by atoms with van der Waals surface area (Å²) in [6.07, 6.45) is 0. The van der Waals surface area contributed by atoms with Gasteiger partial charge in [-0.1, -0.05) is 6.92 Å². The van der Waals surface area contributed by atoms with Crippen molar-refractivity contribution >= 4 is 5.91 Å². The Hall–Kier alpha value is -0.650. The number of rotatable bonds is 4. The van der Waals surface area contributed by atoms with Crippen LogP contribution < -0.4 is 10.6 Å². The van der Waals surface area contributed by atoms with Crippen molar-refractivity contribution in [2.75, 3.05) is 39.8 Å². The molecule has 1 aliphatic heterocycles. The van der Waals surface area contributed by atoms with E-state index in [4.69, 9.17) is 5.11 Å². The van der Waals surface area contributed by atoms with Crippen molar-refractivity contribution in [3.63, 3.8) is 0 Å². The lowest BCUT2D eigenvalue weighted by atomic mass is 10.1. The summed E-state index contributed by atoms with van der Waals surface area (Å²) in [7, 11) is 1.66. The summed E-state index contributed by atoms with van der Waals surface area (Å²) < 4.78 is 0. The van der Waals surface area contributed by atoms with Gasteiger partial charge in [-0.15, -0.1) is 0 Å². The van der Waals surface area contributed by atoms with Gasteiger partial charge < -0.3 is 15.7 Å². The van der Waals surface area contributed by atoms with Crippen LogP contribution >= 0.6 is 0 Å². The van der Waals surface area contributed by atoms with Gasteiger partial charge in [0.25, 0.3) is 0 Å². The highest BCUT2D eigenvalue weighted by Gasteiger charge is 2.28. The molecule has 0 aromatic carbocycles. The Labute approximate surface area is 90.8 Å². The minimum absolute atomic E-state index is 0.0485. The van der Waals surface area contributed by atoms with E-state index >= 15 is 0 Å². The van der Waals surface area contributed by atoms with Crippen molar-refractivity contribution in [3.8, 4) is 0 Å². The summed E-state index contributed by atoms with van der Waals surface area (Å²) in [5.74, 6) is 0.266. The van der Waals surface area contributed by atoms with Gasteiger partial charge in [0, 0.05) is 39.8 Å². The first kappa shape index (κ1) is 12.4.